The molecular weight excluding hydrogens is 416 g/mol. The van der Waals surface area contributed by atoms with Gasteiger partial charge in [0, 0.05) is 12.7 Å². The van der Waals surface area contributed by atoms with E-state index in [1.807, 2.05) is 0 Å². The van der Waals surface area contributed by atoms with Gasteiger partial charge in [-0.15, -0.1) is 0 Å². The first-order valence-corrected chi connectivity index (χ1v) is 8.16. The molecule has 0 aliphatic heterocycles. The number of carbonyl (C=O) groups excluding carboxylic acids is 1. The summed E-state index contributed by atoms with van der Waals surface area (Å²) in [7, 11) is 1.17. The van der Waals surface area contributed by atoms with Crippen molar-refractivity contribution in [3.05, 3.63) is 46.8 Å². The van der Waals surface area contributed by atoms with E-state index in [4.69, 9.17) is 0 Å². The van der Waals surface area contributed by atoms with Crippen LogP contribution in [0.1, 0.15) is 25.0 Å². The molecule has 0 radical (unpaired) electrons. The number of methoxy groups -OCH3 is 1. The summed E-state index contributed by atoms with van der Waals surface area (Å²) in [4.78, 5) is 12.0. The van der Waals surface area contributed by atoms with Crippen LogP contribution in [-0.2, 0) is 27.0 Å². The Morgan fingerprint density at radius 2 is 1.72 bits per heavy atom. The fourth-order valence-electron chi connectivity index (χ4n) is 3.02. The summed E-state index contributed by atoms with van der Waals surface area (Å²) in [5.74, 6) is -10.6. The van der Waals surface area contributed by atoms with E-state index in [-0.39, 0.29) is 11.6 Å². The molecule has 1 saturated carbocycles. The third-order valence-electron chi connectivity index (χ3n) is 4.77. The van der Waals surface area contributed by atoms with Crippen molar-refractivity contribution in [1.29, 1.82) is 0 Å². The maximum atomic E-state index is 14.2. The standard InChI is InChI=1S/C18H16F8O3/c1-16(2)10(6-11(19)17(22,23)24)12(16)15(27)29-18(25,26)9-5-4-8(7-28-3)13(20)14(9)21/h4-6,10,12H,7H2,1-3H3. The quantitative estimate of drug-likeness (QED) is 0.447. The molecule has 1 fully saturated rings. The first-order chi connectivity index (χ1) is 13.1. The Kier molecular flexibility index (Phi) is 6.04. The Morgan fingerprint density at radius 3 is 2.24 bits per heavy atom. The molecule has 0 aromatic heterocycles. The number of rotatable bonds is 6. The molecule has 0 N–H and O–H groups in total. The van der Waals surface area contributed by atoms with Gasteiger partial charge in [0.25, 0.3) is 0 Å². The van der Waals surface area contributed by atoms with Gasteiger partial charge in [-0.2, -0.15) is 22.0 Å². The van der Waals surface area contributed by atoms with Crippen molar-refractivity contribution in [3.63, 3.8) is 0 Å². The SMILES string of the molecule is COCc1ccc(C(F)(F)OC(=O)C2C(C=C(F)C(F)(F)F)C2(C)C)c(F)c1F. The number of hydrogen-bond donors (Lipinski definition) is 0. The average Bonchev–Trinajstić information content (AvgIpc) is 3.11. The lowest BCUT2D eigenvalue weighted by atomic mass is 10.1. The van der Waals surface area contributed by atoms with Gasteiger partial charge >= 0.3 is 18.3 Å². The summed E-state index contributed by atoms with van der Waals surface area (Å²) >= 11 is 0. The molecule has 11 heteroatoms. The summed E-state index contributed by atoms with van der Waals surface area (Å²) in [5, 5.41) is 0. The Labute approximate surface area is 160 Å². The molecule has 0 amide bonds. The Hall–Kier alpha value is -2.17. The summed E-state index contributed by atoms with van der Waals surface area (Å²) in [6.45, 7) is 2.10. The molecule has 0 heterocycles. The molecule has 2 unspecified atom stereocenters. The van der Waals surface area contributed by atoms with Gasteiger partial charge in [0.05, 0.1) is 12.5 Å². The van der Waals surface area contributed by atoms with Crippen LogP contribution in [0, 0.1) is 28.9 Å². The lowest BCUT2D eigenvalue weighted by Gasteiger charge is -2.19. The van der Waals surface area contributed by atoms with Crippen molar-refractivity contribution in [2.75, 3.05) is 7.11 Å². The van der Waals surface area contributed by atoms with Crippen molar-refractivity contribution in [3.8, 4) is 0 Å². The van der Waals surface area contributed by atoms with E-state index in [0.717, 1.165) is 6.07 Å². The number of benzene rings is 1. The summed E-state index contributed by atoms with van der Waals surface area (Å²) in [6, 6.07) is 1.31. The third-order valence-corrected chi connectivity index (χ3v) is 4.77. The van der Waals surface area contributed by atoms with Gasteiger partial charge in [0.1, 0.15) is 5.56 Å². The van der Waals surface area contributed by atoms with Crippen molar-refractivity contribution in [1.82, 2.24) is 0 Å². The predicted octanol–water partition coefficient (Wildman–Crippen LogP) is 5.39. The highest BCUT2D eigenvalue weighted by atomic mass is 19.4. The smallest absolute Gasteiger partial charge is 0.397 e. The molecule has 2 rings (SSSR count). The maximum Gasteiger partial charge on any atom is 0.442 e. The van der Waals surface area contributed by atoms with Gasteiger partial charge in [0.15, 0.2) is 17.5 Å². The molecule has 29 heavy (non-hydrogen) atoms. The van der Waals surface area contributed by atoms with Crippen LogP contribution in [0.15, 0.2) is 24.0 Å². The second kappa shape index (κ2) is 7.58. The Balaban J connectivity index is 2.23. The summed E-state index contributed by atoms with van der Waals surface area (Å²) in [5.41, 5.74) is -3.23. The molecule has 1 aliphatic carbocycles. The highest BCUT2D eigenvalue weighted by Crippen LogP contribution is 2.61. The van der Waals surface area contributed by atoms with Crippen LogP contribution >= 0.6 is 0 Å². The van der Waals surface area contributed by atoms with Gasteiger partial charge in [0.2, 0.25) is 0 Å². The van der Waals surface area contributed by atoms with E-state index in [1.165, 1.54) is 21.0 Å². The minimum absolute atomic E-state index is 0.115. The fraction of sp³-hybridized carbons (Fsp3) is 0.500. The van der Waals surface area contributed by atoms with E-state index in [0.29, 0.717) is 6.07 Å². The van der Waals surface area contributed by atoms with Crippen LogP contribution in [0.4, 0.5) is 35.1 Å². The van der Waals surface area contributed by atoms with Crippen LogP contribution in [0.2, 0.25) is 0 Å². The molecular formula is C18H16F8O3. The molecule has 0 bridgehead atoms. The van der Waals surface area contributed by atoms with E-state index in [9.17, 15) is 39.9 Å². The molecule has 1 aliphatic rings. The zero-order valence-electron chi connectivity index (χ0n) is 15.3. The van der Waals surface area contributed by atoms with Gasteiger partial charge in [-0.25, -0.2) is 13.2 Å². The number of halogens is 8. The van der Waals surface area contributed by atoms with Crippen molar-refractivity contribution < 1.29 is 49.4 Å². The lowest BCUT2D eigenvalue weighted by molar-refractivity contribution is -0.243. The van der Waals surface area contributed by atoms with E-state index in [1.54, 1.807) is 0 Å². The maximum absolute atomic E-state index is 14.2. The number of esters is 1. The number of carbonyl (C=O) groups is 1. The van der Waals surface area contributed by atoms with Crippen molar-refractivity contribution in [2.24, 2.45) is 17.3 Å². The minimum Gasteiger partial charge on any atom is -0.397 e. The molecule has 2 atom stereocenters. The summed E-state index contributed by atoms with van der Waals surface area (Å²) in [6.07, 6.45) is -9.78. The Morgan fingerprint density at radius 1 is 1.14 bits per heavy atom. The lowest BCUT2D eigenvalue weighted by Crippen LogP contribution is -2.26. The zero-order valence-corrected chi connectivity index (χ0v) is 15.3. The normalized spacial score (nSPS) is 21.8. The van der Waals surface area contributed by atoms with Crippen molar-refractivity contribution >= 4 is 5.97 Å². The largest absolute Gasteiger partial charge is 0.442 e. The van der Waals surface area contributed by atoms with E-state index < -0.39 is 65.1 Å². The summed E-state index contributed by atoms with van der Waals surface area (Å²) < 4.78 is 115. The number of alkyl halides is 5. The number of ether oxygens (including phenoxy) is 2. The third kappa shape index (κ3) is 4.54. The molecule has 1 aromatic rings. The highest BCUT2D eigenvalue weighted by molar-refractivity contribution is 5.78. The molecule has 0 saturated heterocycles. The molecule has 3 nitrogen and oxygen atoms in total. The number of allylic oxidation sites excluding steroid dienone is 2. The van der Waals surface area contributed by atoms with Gasteiger partial charge in [-0.3, -0.25) is 4.79 Å². The Bertz CT molecular complexity index is 829. The second-order valence-electron chi connectivity index (χ2n) is 7.11. The highest BCUT2D eigenvalue weighted by Gasteiger charge is 2.63. The second-order valence-corrected chi connectivity index (χ2v) is 7.11. The average molecular weight is 432 g/mol. The van der Waals surface area contributed by atoms with Crippen LogP contribution in [0.5, 0.6) is 0 Å². The molecule has 1 aromatic carbocycles. The van der Waals surface area contributed by atoms with Crippen LogP contribution in [0.25, 0.3) is 0 Å². The van der Waals surface area contributed by atoms with Crippen LogP contribution in [0.3, 0.4) is 0 Å². The zero-order chi connectivity index (χ0) is 22.4. The predicted molar refractivity (Wildman–Crippen MR) is 83.1 cm³/mol. The van der Waals surface area contributed by atoms with Gasteiger partial charge in [-0.05, 0) is 23.5 Å². The minimum atomic E-state index is -5.29. The monoisotopic (exact) mass is 432 g/mol. The topological polar surface area (TPSA) is 35.5 Å². The van der Waals surface area contributed by atoms with E-state index in [2.05, 4.69) is 9.47 Å². The number of hydrogen-bond acceptors (Lipinski definition) is 3. The van der Waals surface area contributed by atoms with Crippen LogP contribution < -0.4 is 0 Å². The van der Waals surface area contributed by atoms with Gasteiger partial charge < -0.3 is 9.47 Å². The van der Waals surface area contributed by atoms with Crippen LogP contribution in [-0.4, -0.2) is 19.3 Å². The van der Waals surface area contributed by atoms with E-state index >= 15 is 0 Å². The molecule has 0 spiro atoms. The van der Waals surface area contributed by atoms with Crippen molar-refractivity contribution in [2.45, 2.75) is 32.7 Å². The van der Waals surface area contributed by atoms with Gasteiger partial charge in [-0.1, -0.05) is 19.9 Å². The molecule has 162 valence electrons. The first kappa shape index (κ1) is 23.1. The first-order valence-electron chi connectivity index (χ1n) is 8.16. The fourth-order valence-corrected chi connectivity index (χ4v) is 3.02.